The smallest absolute Gasteiger partial charge is 0.280 e. The summed E-state index contributed by atoms with van der Waals surface area (Å²) in [5.41, 5.74) is -0.0372. The van der Waals surface area contributed by atoms with Gasteiger partial charge in [-0.2, -0.15) is 8.78 Å². The molecule has 1 aromatic heterocycles. The molecule has 0 aliphatic carbocycles. The molecule has 4 heteroatoms. The molecule has 0 aromatic carbocycles. The molecule has 0 bridgehead atoms. The number of imidazole rings is 1. The SMILES string of the molecule is CCCCCCC(C)(CCCCC)c1nc(F)n(C)c1F. The average molecular weight is 300 g/mol. The number of aromatic nitrogens is 2. The topological polar surface area (TPSA) is 17.8 Å². The standard InChI is InChI=1S/C17H30F2N2/c1-5-7-9-11-13-17(3,12-10-8-6-2)14-15(18)21(4)16(19)20-14/h5-13H2,1-4H3. The Labute approximate surface area is 128 Å². The van der Waals surface area contributed by atoms with Gasteiger partial charge in [0.15, 0.2) is 0 Å². The molecule has 0 saturated carbocycles. The molecule has 1 rings (SSSR count). The van der Waals surface area contributed by atoms with E-state index in [0.717, 1.165) is 49.5 Å². The maximum atomic E-state index is 14.3. The van der Waals surface area contributed by atoms with Crippen LogP contribution in [0.5, 0.6) is 0 Å². The molecule has 21 heavy (non-hydrogen) atoms. The second-order valence-corrected chi connectivity index (χ2v) is 6.41. The molecule has 1 aromatic rings. The minimum absolute atomic E-state index is 0.315. The van der Waals surface area contributed by atoms with Gasteiger partial charge in [0.25, 0.3) is 6.08 Å². The maximum Gasteiger partial charge on any atom is 0.291 e. The molecule has 0 N–H and O–H groups in total. The van der Waals surface area contributed by atoms with Crippen LogP contribution < -0.4 is 0 Å². The summed E-state index contributed by atoms with van der Waals surface area (Å²) in [5, 5.41) is 0. The van der Waals surface area contributed by atoms with Crippen LogP contribution in [0.3, 0.4) is 0 Å². The number of unbranched alkanes of at least 4 members (excludes halogenated alkanes) is 5. The summed E-state index contributed by atoms with van der Waals surface area (Å²) in [5.74, 6) is -0.512. The zero-order valence-corrected chi connectivity index (χ0v) is 14.0. The number of nitrogens with zero attached hydrogens (tertiary/aromatic N) is 2. The monoisotopic (exact) mass is 300 g/mol. The third kappa shape index (κ3) is 4.79. The molecular weight excluding hydrogens is 270 g/mol. The lowest BCUT2D eigenvalue weighted by Crippen LogP contribution is -2.24. The van der Waals surface area contributed by atoms with E-state index in [4.69, 9.17) is 0 Å². The molecule has 0 spiro atoms. The largest absolute Gasteiger partial charge is 0.291 e. The summed E-state index contributed by atoms with van der Waals surface area (Å²) < 4.78 is 28.8. The Balaban J connectivity index is 2.86. The van der Waals surface area contributed by atoms with Crippen LogP contribution in [0, 0.1) is 12.0 Å². The van der Waals surface area contributed by atoms with Crippen molar-refractivity contribution in [1.82, 2.24) is 9.55 Å². The van der Waals surface area contributed by atoms with Crippen molar-refractivity contribution in [3.05, 3.63) is 17.7 Å². The normalized spacial score (nSPS) is 14.4. The minimum Gasteiger partial charge on any atom is -0.280 e. The second-order valence-electron chi connectivity index (χ2n) is 6.41. The quantitative estimate of drug-likeness (QED) is 0.521. The van der Waals surface area contributed by atoms with E-state index >= 15 is 0 Å². The van der Waals surface area contributed by atoms with Crippen molar-refractivity contribution in [1.29, 1.82) is 0 Å². The molecular formula is C17H30F2N2. The van der Waals surface area contributed by atoms with Crippen molar-refractivity contribution in [3.8, 4) is 0 Å². The van der Waals surface area contributed by atoms with Gasteiger partial charge in [-0.3, -0.25) is 4.57 Å². The van der Waals surface area contributed by atoms with Gasteiger partial charge in [-0.25, -0.2) is 4.98 Å². The van der Waals surface area contributed by atoms with E-state index in [0.29, 0.717) is 5.69 Å². The first-order valence-electron chi connectivity index (χ1n) is 8.34. The van der Waals surface area contributed by atoms with Crippen molar-refractivity contribution >= 4 is 0 Å². The van der Waals surface area contributed by atoms with Gasteiger partial charge in [0.05, 0.1) is 0 Å². The highest BCUT2D eigenvalue weighted by Crippen LogP contribution is 2.36. The third-order valence-corrected chi connectivity index (χ3v) is 4.46. The van der Waals surface area contributed by atoms with E-state index in [1.54, 1.807) is 0 Å². The minimum atomic E-state index is -0.724. The van der Waals surface area contributed by atoms with Crippen molar-refractivity contribution in [2.75, 3.05) is 0 Å². The predicted octanol–water partition coefficient (Wildman–Crippen LogP) is 5.51. The van der Waals surface area contributed by atoms with Gasteiger partial charge in [-0.1, -0.05) is 65.7 Å². The highest BCUT2D eigenvalue weighted by molar-refractivity contribution is 5.15. The van der Waals surface area contributed by atoms with Crippen molar-refractivity contribution in [2.45, 2.75) is 84.0 Å². The first-order valence-corrected chi connectivity index (χ1v) is 8.34. The zero-order valence-electron chi connectivity index (χ0n) is 14.0. The van der Waals surface area contributed by atoms with Gasteiger partial charge in [0.1, 0.15) is 5.69 Å². The molecule has 122 valence electrons. The van der Waals surface area contributed by atoms with Gasteiger partial charge >= 0.3 is 0 Å². The molecule has 2 nitrogen and oxygen atoms in total. The first kappa shape index (κ1) is 18.1. The van der Waals surface area contributed by atoms with E-state index in [1.165, 1.54) is 19.9 Å². The van der Waals surface area contributed by atoms with Crippen LogP contribution in [0.1, 0.15) is 84.3 Å². The van der Waals surface area contributed by atoms with Crippen LogP contribution in [0.2, 0.25) is 0 Å². The lowest BCUT2D eigenvalue weighted by molar-refractivity contribution is 0.340. The van der Waals surface area contributed by atoms with E-state index in [9.17, 15) is 8.78 Å². The number of hydrogen-bond donors (Lipinski definition) is 0. The molecule has 0 amide bonds. The summed E-state index contributed by atoms with van der Waals surface area (Å²) in [6.45, 7) is 6.37. The van der Waals surface area contributed by atoms with Crippen molar-refractivity contribution in [3.63, 3.8) is 0 Å². The predicted molar refractivity (Wildman–Crippen MR) is 83.4 cm³/mol. The van der Waals surface area contributed by atoms with Gasteiger partial charge in [0.2, 0.25) is 5.95 Å². The average Bonchev–Trinajstić information content (AvgIpc) is 2.72. The molecule has 0 saturated heterocycles. The Hall–Kier alpha value is -0.930. The fourth-order valence-electron chi connectivity index (χ4n) is 2.91. The highest BCUT2D eigenvalue weighted by atomic mass is 19.1. The Morgan fingerprint density at radius 1 is 0.952 bits per heavy atom. The fraction of sp³-hybridized carbons (Fsp3) is 0.824. The summed E-state index contributed by atoms with van der Waals surface area (Å²) in [4.78, 5) is 3.88. The summed E-state index contributed by atoms with van der Waals surface area (Å²) in [6.07, 6.45) is 8.90. The Kier molecular flexibility index (Phi) is 7.33. The summed E-state index contributed by atoms with van der Waals surface area (Å²) >= 11 is 0. The lowest BCUT2D eigenvalue weighted by Gasteiger charge is -2.28. The van der Waals surface area contributed by atoms with E-state index in [1.807, 2.05) is 6.92 Å². The van der Waals surface area contributed by atoms with Gasteiger partial charge < -0.3 is 0 Å². The van der Waals surface area contributed by atoms with Crippen LogP contribution >= 0.6 is 0 Å². The second kappa shape index (κ2) is 8.50. The van der Waals surface area contributed by atoms with Crippen LogP contribution in [-0.4, -0.2) is 9.55 Å². The molecule has 1 heterocycles. The van der Waals surface area contributed by atoms with Crippen LogP contribution in [0.25, 0.3) is 0 Å². The van der Waals surface area contributed by atoms with Gasteiger partial charge in [-0.15, -0.1) is 0 Å². The highest BCUT2D eigenvalue weighted by Gasteiger charge is 2.33. The first-order chi connectivity index (χ1) is 9.96. The Bertz CT molecular complexity index is 429. The van der Waals surface area contributed by atoms with Gasteiger partial charge in [-0.05, 0) is 12.8 Å². The van der Waals surface area contributed by atoms with Crippen LogP contribution in [0.4, 0.5) is 8.78 Å². The summed E-state index contributed by atoms with van der Waals surface area (Å²) in [6, 6.07) is 0. The fourth-order valence-corrected chi connectivity index (χ4v) is 2.91. The molecule has 1 atom stereocenters. The van der Waals surface area contributed by atoms with Crippen LogP contribution in [0.15, 0.2) is 0 Å². The van der Waals surface area contributed by atoms with E-state index in [-0.39, 0.29) is 5.41 Å². The number of rotatable bonds is 10. The molecule has 0 aliphatic heterocycles. The molecule has 1 unspecified atom stereocenters. The van der Waals surface area contributed by atoms with E-state index in [2.05, 4.69) is 18.8 Å². The van der Waals surface area contributed by atoms with Crippen molar-refractivity contribution in [2.24, 2.45) is 7.05 Å². The van der Waals surface area contributed by atoms with E-state index < -0.39 is 12.0 Å². The number of halogens is 2. The summed E-state index contributed by atoms with van der Waals surface area (Å²) in [7, 11) is 1.39. The number of hydrogen-bond acceptors (Lipinski definition) is 1. The lowest BCUT2D eigenvalue weighted by atomic mass is 9.77. The molecule has 0 fully saturated rings. The molecule has 0 aliphatic rings. The van der Waals surface area contributed by atoms with Crippen molar-refractivity contribution < 1.29 is 8.78 Å². The van der Waals surface area contributed by atoms with Gasteiger partial charge in [0, 0.05) is 12.5 Å². The maximum absolute atomic E-state index is 14.3. The van der Waals surface area contributed by atoms with Crippen LogP contribution in [-0.2, 0) is 12.5 Å². The zero-order chi connectivity index (χ0) is 15.9. The Morgan fingerprint density at radius 3 is 1.95 bits per heavy atom. The molecule has 0 radical (unpaired) electrons. The third-order valence-electron chi connectivity index (χ3n) is 4.46. The Morgan fingerprint density at radius 2 is 1.48 bits per heavy atom.